The van der Waals surface area contributed by atoms with Crippen molar-refractivity contribution < 1.29 is 0 Å². The molecule has 3 rings (SSSR count). The number of amidine groups is 1. The van der Waals surface area contributed by atoms with E-state index in [4.69, 9.17) is 4.99 Å². The Bertz CT molecular complexity index is 313. The van der Waals surface area contributed by atoms with E-state index < -0.39 is 0 Å². The summed E-state index contributed by atoms with van der Waals surface area (Å²) < 4.78 is 0. The molecule has 1 heterocycles. The van der Waals surface area contributed by atoms with Gasteiger partial charge >= 0.3 is 0 Å². The molecule has 2 nitrogen and oxygen atoms in total. The molecule has 2 saturated carbocycles. The lowest BCUT2D eigenvalue weighted by Crippen LogP contribution is -2.29. The number of hydrogen-bond acceptors (Lipinski definition) is 2. The monoisotopic (exact) mass is 252 g/mol. The van der Waals surface area contributed by atoms with Gasteiger partial charge in [0.05, 0.1) is 6.04 Å². The predicted molar refractivity (Wildman–Crippen MR) is 75.5 cm³/mol. The highest BCUT2D eigenvalue weighted by atomic mass is 32.2. The van der Waals surface area contributed by atoms with Crippen LogP contribution < -0.4 is 5.32 Å². The zero-order chi connectivity index (χ0) is 11.8. The molecule has 0 spiro atoms. The molecule has 17 heavy (non-hydrogen) atoms. The molecule has 4 atom stereocenters. The van der Waals surface area contributed by atoms with Crippen molar-refractivity contribution in [2.75, 3.05) is 5.75 Å². The third-order valence-electron chi connectivity index (χ3n) is 4.49. The van der Waals surface area contributed by atoms with Crippen molar-refractivity contribution in [2.24, 2.45) is 22.7 Å². The molecule has 3 aliphatic rings. The molecule has 0 aromatic heterocycles. The van der Waals surface area contributed by atoms with Crippen LogP contribution >= 0.6 is 11.8 Å². The van der Waals surface area contributed by atoms with Crippen LogP contribution in [0.25, 0.3) is 0 Å². The van der Waals surface area contributed by atoms with Gasteiger partial charge in [0.25, 0.3) is 0 Å². The summed E-state index contributed by atoms with van der Waals surface area (Å²) in [5.41, 5.74) is 0. The lowest BCUT2D eigenvalue weighted by Gasteiger charge is -2.18. The minimum absolute atomic E-state index is 0.654. The van der Waals surface area contributed by atoms with Crippen LogP contribution in [0.2, 0.25) is 0 Å². The summed E-state index contributed by atoms with van der Waals surface area (Å²) in [6.45, 7) is 4.61. The maximum Gasteiger partial charge on any atom is 0.157 e. The molecule has 2 bridgehead atoms. The summed E-state index contributed by atoms with van der Waals surface area (Å²) in [5.74, 6) is 3.93. The fraction of sp³-hybridized carbons (Fsp3) is 0.929. The van der Waals surface area contributed by atoms with Gasteiger partial charge in [-0.1, -0.05) is 32.0 Å². The van der Waals surface area contributed by atoms with Gasteiger partial charge in [-0.3, -0.25) is 4.99 Å². The topological polar surface area (TPSA) is 24.4 Å². The Morgan fingerprint density at radius 3 is 2.88 bits per heavy atom. The van der Waals surface area contributed by atoms with E-state index in [1.54, 1.807) is 0 Å². The van der Waals surface area contributed by atoms with Crippen LogP contribution in [0.3, 0.4) is 0 Å². The Hall–Kier alpha value is -0.180. The van der Waals surface area contributed by atoms with Crippen molar-refractivity contribution in [2.45, 2.75) is 58.0 Å². The normalized spacial score (nSPS) is 42.6. The van der Waals surface area contributed by atoms with E-state index in [1.165, 1.54) is 43.0 Å². The third kappa shape index (κ3) is 2.64. The van der Waals surface area contributed by atoms with Gasteiger partial charge in [0.2, 0.25) is 0 Å². The van der Waals surface area contributed by atoms with Crippen LogP contribution in [-0.2, 0) is 0 Å². The first-order valence-corrected chi connectivity index (χ1v) is 8.16. The third-order valence-corrected chi connectivity index (χ3v) is 5.55. The summed E-state index contributed by atoms with van der Waals surface area (Å²) in [4.78, 5) is 4.98. The van der Waals surface area contributed by atoms with E-state index in [2.05, 4.69) is 19.2 Å². The first-order valence-electron chi connectivity index (χ1n) is 7.18. The Labute approximate surface area is 109 Å². The molecule has 4 unspecified atom stereocenters. The van der Waals surface area contributed by atoms with Crippen LogP contribution in [0, 0.1) is 17.8 Å². The first-order chi connectivity index (χ1) is 8.20. The second kappa shape index (κ2) is 4.83. The molecule has 0 radical (unpaired) electrons. The van der Waals surface area contributed by atoms with Gasteiger partial charge in [-0.15, -0.1) is 0 Å². The molecule has 2 aliphatic carbocycles. The van der Waals surface area contributed by atoms with E-state index in [0.717, 1.165) is 17.8 Å². The van der Waals surface area contributed by atoms with Gasteiger partial charge < -0.3 is 5.32 Å². The van der Waals surface area contributed by atoms with Crippen LogP contribution in [0.1, 0.15) is 46.0 Å². The van der Waals surface area contributed by atoms with Crippen molar-refractivity contribution in [3.8, 4) is 0 Å². The molecular weight excluding hydrogens is 228 g/mol. The largest absolute Gasteiger partial charge is 0.361 e. The van der Waals surface area contributed by atoms with Crippen molar-refractivity contribution in [3.05, 3.63) is 0 Å². The second-order valence-corrected chi connectivity index (χ2v) is 7.47. The Morgan fingerprint density at radius 1 is 1.35 bits per heavy atom. The lowest BCUT2D eigenvalue weighted by molar-refractivity contribution is 0.419. The summed E-state index contributed by atoms with van der Waals surface area (Å²) in [6.07, 6.45) is 7.02. The number of nitrogens with one attached hydrogen (secondary N) is 1. The summed E-state index contributed by atoms with van der Waals surface area (Å²) in [6, 6.07) is 1.32. The molecular formula is C14H24N2S. The average Bonchev–Trinajstić information content (AvgIpc) is 2.94. The highest BCUT2D eigenvalue weighted by Gasteiger charge is 2.40. The van der Waals surface area contributed by atoms with E-state index in [9.17, 15) is 0 Å². The predicted octanol–water partition coefficient (Wildman–Crippen LogP) is 3.28. The van der Waals surface area contributed by atoms with Gasteiger partial charge in [-0.25, -0.2) is 0 Å². The van der Waals surface area contributed by atoms with Crippen molar-refractivity contribution in [1.29, 1.82) is 0 Å². The number of thioether (sulfide) groups is 1. The van der Waals surface area contributed by atoms with Crippen LogP contribution in [-0.4, -0.2) is 23.0 Å². The number of aliphatic imine (C=N–C) groups is 1. The van der Waals surface area contributed by atoms with E-state index in [0.29, 0.717) is 12.1 Å². The Balaban J connectivity index is 1.55. The maximum atomic E-state index is 4.98. The molecule has 0 aromatic carbocycles. The Kier molecular flexibility index (Phi) is 3.38. The number of nitrogens with zero attached hydrogens (tertiary/aromatic N) is 1. The zero-order valence-electron chi connectivity index (χ0n) is 11.0. The molecule has 96 valence electrons. The van der Waals surface area contributed by atoms with Crippen molar-refractivity contribution in [1.82, 2.24) is 5.32 Å². The summed E-state index contributed by atoms with van der Waals surface area (Å²) >= 11 is 1.95. The second-order valence-electron chi connectivity index (χ2n) is 6.46. The molecule has 1 aliphatic heterocycles. The van der Waals surface area contributed by atoms with Crippen molar-refractivity contribution in [3.63, 3.8) is 0 Å². The molecule has 1 N–H and O–H groups in total. The Morgan fingerprint density at radius 2 is 2.24 bits per heavy atom. The number of rotatable bonds is 3. The highest BCUT2D eigenvalue weighted by Crippen LogP contribution is 2.46. The fourth-order valence-corrected chi connectivity index (χ4v) is 4.77. The molecule has 3 heteroatoms. The van der Waals surface area contributed by atoms with Gasteiger partial charge in [-0.2, -0.15) is 0 Å². The molecule has 0 aromatic rings. The van der Waals surface area contributed by atoms with Crippen LogP contribution in [0.15, 0.2) is 4.99 Å². The molecule has 3 fully saturated rings. The van der Waals surface area contributed by atoms with E-state index in [1.807, 2.05) is 11.8 Å². The van der Waals surface area contributed by atoms with E-state index in [-0.39, 0.29) is 0 Å². The lowest BCUT2D eigenvalue weighted by atomic mass is 9.96. The minimum Gasteiger partial charge on any atom is -0.361 e. The van der Waals surface area contributed by atoms with Crippen LogP contribution in [0.4, 0.5) is 0 Å². The number of fused-ring (bicyclic) bond motifs is 2. The van der Waals surface area contributed by atoms with Gasteiger partial charge in [0.1, 0.15) is 0 Å². The average molecular weight is 252 g/mol. The fourth-order valence-electron chi connectivity index (χ4n) is 3.73. The van der Waals surface area contributed by atoms with Crippen LogP contribution in [0.5, 0.6) is 0 Å². The molecule has 1 saturated heterocycles. The standard InChI is InChI=1S/C14H24N2S/c1-9(2)5-12-8-17-14(15-12)16-13-7-10-3-4-11(13)6-10/h9-13H,3-8H2,1-2H3,(H,15,16). The maximum absolute atomic E-state index is 4.98. The summed E-state index contributed by atoms with van der Waals surface area (Å²) in [5, 5.41) is 4.87. The van der Waals surface area contributed by atoms with Gasteiger partial charge in [0, 0.05) is 11.8 Å². The quantitative estimate of drug-likeness (QED) is 0.833. The smallest absolute Gasteiger partial charge is 0.157 e. The zero-order valence-corrected chi connectivity index (χ0v) is 11.8. The van der Waals surface area contributed by atoms with Gasteiger partial charge in [0.15, 0.2) is 5.17 Å². The first kappa shape index (κ1) is 11.9. The molecule has 0 amide bonds. The number of hydrogen-bond donors (Lipinski definition) is 1. The SMILES string of the molecule is CC(C)CC1CSC(=NC2CC3CCC2C3)N1. The summed E-state index contributed by atoms with van der Waals surface area (Å²) in [7, 11) is 0. The van der Waals surface area contributed by atoms with Gasteiger partial charge in [-0.05, 0) is 43.4 Å². The van der Waals surface area contributed by atoms with Crippen molar-refractivity contribution >= 4 is 16.9 Å². The highest BCUT2D eigenvalue weighted by molar-refractivity contribution is 8.14. The minimum atomic E-state index is 0.654. The van der Waals surface area contributed by atoms with E-state index >= 15 is 0 Å².